The molecule has 4 rings (SSSR count). The third-order valence-corrected chi connectivity index (χ3v) is 6.21. The van der Waals surface area contributed by atoms with Crippen molar-refractivity contribution in [3.63, 3.8) is 0 Å². The molecule has 4 aromatic rings. The van der Waals surface area contributed by atoms with E-state index in [0.717, 1.165) is 41.6 Å². The van der Waals surface area contributed by atoms with E-state index in [9.17, 15) is 9.59 Å². The summed E-state index contributed by atoms with van der Waals surface area (Å²) in [6.07, 6.45) is 3.71. The van der Waals surface area contributed by atoms with Gasteiger partial charge in [0, 0.05) is 35.2 Å². The van der Waals surface area contributed by atoms with Crippen molar-refractivity contribution in [1.82, 2.24) is 10.1 Å². The third-order valence-electron chi connectivity index (χ3n) is 6.21. The number of nitrogens with zero attached hydrogens (tertiary/aromatic N) is 2. The summed E-state index contributed by atoms with van der Waals surface area (Å²) in [5, 5.41) is 16.5. The van der Waals surface area contributed by atoms with Gasteiger partial charge in [-0.3, -0.25) is 9.59 Å². The molecular formula is C30H31N3O4. The summed E-state index contributed by atoms with van der Waals surface area (Å²) in [7, 11) is 0. The number of rotatable bonds is 13. The number of anilines is 1. The number of nitrogens with one attached hydrogen (secondary N) is 1. The lowest BCUT2D eigenvalue weighted by Gasteiger charge is -2.21. The minimum Gasteiger partial charge on any atom is -0.481 e. The predicted octanol–water partition coefficient (Wildman–Crippen LogP) is 7.18. The highest BCUT2D eigenvalue weighted by Crippen LogP contribution is 2.28. The van der Waals surface area contributed by atoms with E-state index in [2.05, 4.69) is 34.5 Å². The van der Waals surface area contributed by atoms with E-state index in [1.54, 1.807) is 12.1 Å². The molecule has 0 amide bonds. The molecule has 0 aliphatic carbocycles. The number of hydrogen-bond acceptors (Lipinski definition) is 6. The molecule has 0 bridgehead atoms. The largest absolute Gasteiger partial charge is 0.481 e. The lowest BCUT2D eigenvalue weighted by molar-refractivity contribution is -0.137. The van der Waals surface area contributed by atoms with Gasteiger partial charge < -0.3 is 14.9 Å². The molecule has 37 heavy (non-hydrogen) atoms. The van der Waals surface area contributed by atoms with Crippen LogP contribution in [0.4, 0.5) is 5.69 Å². The minimum atomic E-state index is -0.882. The van der Waals surface area contributed by atoms with Crippen LogP contribution >= 0.6 is 0 Å². The topological polar surface area (TPSA) is 105 Å². The Kier molecular flexibility index (Phi) is 8.81. The summed E-state index contributed by atoms with van der Waals surface area (Å²) in [5.74, 6) is 0.119. The van der Waals surface area contributed by atoms with Gasteiger partial charge in [0.25, 0.3) is 5.89 Å². The minimum absolute atomic E-state index is 0.00415. The molecule has 0 radical (unpaired) electrons. The van der Waals surface area contributed by atoms with Gasteiger partial charge in [0.2, 0.25) is 5.82 Å². The molecule has 0 aliphatic rings. The van der Waals surface area contributed by atoms with E-state index in [4.69, 9.17) is 9.63 Å². The Balaban J connectivity index is 1.43. The van der Waals surface area contributed by atoms with Crippen LogP contribution in [0.3, 0.4) is 0 Å². The van der Waals surface area contributed by atoms with Gasteiger partial charge in [0.1, 0.15) is 0 Å². The highest BCUT2D eigenvalue weighted by molar-refractivity contribution is 5.96. The SMILES string of the molecule is CCCCC(Nc1ccc(C(=O)CCCC(=O)O)cc1)c1ccc(-c2noc(-c3ccccc3)n2)cc1. The van der Waals surface area contributed by atoms with Crippen LogP contribution < -0.4 is 5.32 Å². The molecule has 0 saturated carbocycles. The lowest BCUT2D eigenvalue weighted by atomic mass is 9.99. The molecule has 0 saturated heterocycles. The van der Waals surface area contributed by atoms with Crippen LogP contribution in [-0.2, 0) is 4.79 Å². The number of carboxylic acid groups (broad SMARTS) is 1. The van der Waals surface area contributed by atoms with Crippen LogP contribution in [0.2, 0.25) is 0 Å². The van der Waals surface area contributed by atoms with Crippen LogP contribution in [0.5, 0.6) is 0 Å². The van der Waals surface area contributed by atoms with Gasteiger partial charge in [-0.25, -0.2) is 0 Å². The molecule has 3 aromatic carbocycles. The number of unbranched alkanes of at least 4 members (excludes halogenated alkanes) is 1. The van der Waals surface area contributed by atoms with Crippen molar-refractivity contribution in [3.05, 3.63) is 90.0 Å². The quantitative estimate of drug-likeness (QED) is 0.188. The van der Waals surface area contributed by atoms with E-state index in [1.807, 2.05) is 54.6 Å². The van der Waals surface area contributed by atoms with Crippen molar-refractivity contribution in [2.45, 2.75) is 51.5 Å². The molecule has 190 valence electrons. The fraction of sp³-hybridized carbons (Fsp3) is 0.267. The summed E-state index contributed by atoms with van der Waals surface area (Å²) in [6, 6.07) is 25.4. The first kappa shape index (κ1) is 25.8. The molecular weight excluding hydrogens is 466 g/mol. The summed E-state index contributed by atoms with van der Waals surface area (Å²) >= 11 is 0. The second-order valence-electron chi connectivity index (χ2n) is 9.00. The molecule has 7 heteroatoms. The van der Waals surface area contributed by atoms with Gasteiger partial charge in [0.15, 0.2) is 5.78 Å². The Hall–Kier alpha value is -4.26. The average Bonchev–Trinajstić information content (AvgIpc) is 3.42. The number of benzene rings is 3. The highest BCUT2D eigenvalue weighted by atomic mass is 16.5. The van der Waals surface area contributed by atoms with Gasteiger partial charge in [0.05, 0.1) is 6.04 Å². The van der Waals surface area contributed by atoms with Gasteiger partial charge in [-0.2, -0.15) is 4.98 Å². The van der Waals surface area contributed by atoms with Crippen LogP contribution in [0.25, 0.3) is 22.8 Å². The Labute approximate surface area is 216 Å². The number of carbonyl (C=O) groups excluding carboxylic acids is 1. The molecule has 0 aliphatic heterocycles. The molecule has 1 aromatic heterocycles. The second-order valence-corrected chi connectivity index (χ2v) is 9.00. The smallest absolute Gasteiger partial charge is 0.303 e. The first-order chi connectivity index (χ1) is 18.0. The summed E-state index contributed by atoms with van der Waals surface area (Å²) in [4.78, 5) is 27.5. The van der Waals surface area contributed by atoms with Crippen LogP contribution in [-0.4, -0.2) is 27.0 Å². The zero-order valence-corrected chi connectivity index (χ0v) is 20.9. The number of aromatic nitrogens is 2. The van der Waals surface area contributed by atoms with Crippen LogP contribution in [0.1, 0.15) is 67.4 Å². The van der Waals surface area contributed by atoms with Gasteiger partial charge >= 0.3 is 5.97 Å². The summed E-state index contributed by atoms with van der Waals surface area (Å²) < 4.78 is 5.45. The number of aliphatic carboxylic acids is 1. The van der Waals surface area contributed by atoms with Crippen LogP contribution in [0, 0.1) is 0 Å². The van der Waals surface area contributed by atoms with Crippen LogP contribution in [0.15, 0.2) is 83.4 Å². The van der Waals surface area contributed by atoms with Gasteiger partial charge in [-0.15, -0.1) is 0 Å². The normalized spacial score (nSPS) is 11.7. The number of ketones is 1. The molecule has 0 spiro atoms. The standard InChI is InChI=1S/C30H31N3O4/c1-2-3-10-26(31-25-19-17-22(18-20-25)27(34)11-7-12-28(35)36)21-13-15-23(16-14-21)29-32-30(37-33-29)24-8-5-4-6-9-24/h4-6,8-9,13-20,26,31H,2-3,7,10-12H2,1H3,(H,35,36). The molecule has 1 atom stereocenters. The van der Waals surface area contributed by atoms with Crippen molar-refractivity contribution < 1.29 is 19.2 Å². The number of Topliss-reactive ketones (excluding diaryl/α,β-unsaturated/α-hetero) is 1. The predicted molar refractivity (Wildman–Crippen MR) is 143 cm³/mol. The molecule has 1 unspecified atom stereocenters. The van der Waals surface area contributed by atoms with E-state index in [1.165, 1.54) is 0 Å². The fourth-order valence-electron chi connectivity index (χ4n) is 4.13. The maximum atomic E-state index is 12.3. The van der Waals surface area contributed by atoms with E-state index in [0.29, 0.717) is 23.7 Å². The second kappa shape index (κ2) is 12.6. The van der Waals surface area contributed by atoms with Crippen molar-refractivity contribution in [2.75, 3.05) is 5.32 Å². The van der Waals surface area contributed by atoms with E-state index >= 15 is 0 Å². The third kappa shape index (κ3) is 7.13. The molecule has 7 nitrogen and oxygen atoms in total. The summed E-state index contributed by atoms with van der Waals surface area (Å²) in [6.45, 7) is 2.17. The Morgan fingerprint density at radius 1 is 0.892 bits per heavy atom. The Bertz CT molecular complexity index is 1300. The number of carbonyl (C=O) groups is 2. The van der Waals surface area contributed by atoms with Crippen molar-refractivity contribution in [3.8, 4) is 22.8 Å². The first-order valence-corrected chi connectivity index (χ1v) is 12.6. The monoisotopic (exact) mass is 497 g/mol. The van der Waals surface area contributed by atoms with Gasteiger partial charge in [-0.05, 0) is 54.8 Å². The molecule has 2 N–H and O–H groups in total. The zero-order valence-electron chi connectivity index (χ0n) is 20.9. The Morgan fingerprint density at radius 3 is 2.30 bits per heavy atom. The highest BCUT2D eigenvalue weighted by Gasteiger charge is 2.15. The van der Waals surface area contributed by atoms with Crippen molar-refractivity contribution >= 4 is 17.4 Å². The van der Waals surface area contributed by atoms with Crippen molar-refractivity contribution in [1.29, 1.82) is 0 Å². The molecule has 0 fully saturated rings. The Morgan fingerprint density at radius 2 is 1.62 bits per heavy atom. The molecule has 1 heterocycles. The van der Waals surface area contributed by atoms with Gasteiger partial charge in [-0.1, -0.05) is 67.4 Å². The lowest BCUT2D eigenvalue weighted by Crippen LogP contribution is -2.11. The average molecular weight is 498 g/mol. The maximum Gasteiger partial charge on any atom is 0.303 e. The number of carboxylic acids is 1. The van der Waals surface area contributed by atoms with E-state index < -0.39 is 5.97 Å². The van der Waals surface area contributed by atoms with Crippen molar-refractivity contribution in [2.24, 2.45) is 0 Å². The van der Waals surface area contributed by atoms with E-state index in [-0.39, 0.29) is 24.7 Å². The number of hydrogen-bond donors (Lipinski definition) is 2. The first-order valence-electron chi connectivity index (χ1n) is 12.6. The summed E-state index contributed by atoms with van der Waals surface area (Å²) in [5.41, 5.74) is 4.44. The zero-order chi connectivity index (χ0) is 26.0. The fourth-order valence-corrected chi connectivity index (χ4v) is 4.13. The maximum absolute atomic E-state index is 12.3.